The van der Waals surface area contributed by atoms with Crippen molar-refractivity contribution in [3.63, 3.8) is 0 Å². The van der Waals surface area contributed by atoms with E-state index in [9.17, 15) is 9.59 Å². The fourth-order valence-electron chi connectivity index (χ4n) is 3.93. The third-order valence-corrected chi connectivity index (χ3v) is 5.13. The minimum Gasteiger partial charge on any atom is -0.333 e. The Kier molecular flexibility index (Phi) is 4.17. The molecule has 0 aliphatic carbocycles. The standard InChI is InChI=1S/C19H20N4O2/c24-18-5-4-16-17(23(18)13-14-6-10-20-11-7-14)8-12-22(16)19(25)15-3-1-2-9-21-15/h1-3,6-7,9-11,16-17H,4-5,8,12-13H2/t16-,17-/m1/s1. The fraction of sp³-hybridized carbons (Fsp3) is 0.368. The Bertz CT molecular complexity index is 766. The zero-order chi connectivity index (χ0) is 17.2. The number of rotatable bonds is 3. The largest absolute Gasteiger partial charge is 0.333 e. The van der Waals surface area contributed by atoms with Gasteiger partial charge in [0.25, 0.3) is 5.91 Å². The molecular formula is C19H20N4O2. The molecule has 0 bridgehead atoms. The molecule has 4 rings (SSSR count). The van der Waals surface area contributed by atoms with Crippen LogP contribution in [0.25, 0.3) is 0 Å². The molecule has 0 saturated carbocycles. The summed E-state index contributed by atoms with van der Waals surface area (Å²) in [5.41, 5.74) is 1.54. The van der Waals surface area contributed by atoms with E-state index < -0.39 is 0 Å². The number of nitrogens with zero attached hydrogens (tertiary/aromatic N) is 4. The Morgan fingerprint density at radius 2 is 1.92 bits per heavy atom. The topological polar surface area (TPSA) is 66.4 Å². The smallest absolute Gasteiger partial charge is 0.272 e. The van der Waals surface area contributed by atoms with Crippen LogP contribution in [0.3, 0.4) is 0 Å². The molecule has 2 amide bonds. The van der Waals surface area contributed by atoms with Gasteiger partial charge in [-0.2, -0.15) is 0 Å². The lowest BCUT2D eigenvalue weighted by Gasteiger charge is -2.39. The van der Waals surface area contributed by atoms with Crippen molar-refractivity contribution in [1.82, 2.24) is 19.8 Å². The highest BCUT2D eigenvalue weighted by atomic mass is 16.2. The van der Waals surface area contributed by atoms with Gasteiger partial charge >= 0.3 is 0 Å². The number of amides is 2. The van der Waals surface area contributed by atoms with Crippen molar-refractivity contribution < 1.29 is 9.59 Å². The summed E-state index contributed by atoms with van der Waals surface area (Å²) in [5, 5.41) is 0. The van der Waals surface area contributed by atoms with E-state index in [-0.39, 0.29) is 23.9 Å². The summed E-state index contributed by atoms with van der Waals surface area (Å²) >= 11 is 0. The van der Waals surface area contributed by atoms with Crippen molar-refractivity contribution in [3.05, 3.63) is 60.2 Å². The highest BCUT2D eigenvalue weighted by molar-refractivity contribution is 5.93. The molecule has 2 atom stereocenters. The van der Waals surface area contributed by atoms with Gasteiger partial charge in [0, 0.05) is 38.1 Å². The summed E-state index contributed by atoms with van der Waals surface area (Å²) in [7, 11) is 0. The van der Waals surface area contributed by atoms with Crippen LogP contribution >= 0.6 is 0 Å². The van der Waals surface area contributed by atoms with Crippen molar-refractivity contribution in [3.8, 4) is 0 Å². The van der Waals surface area contributed by atoms with Gasteiger partial charge in [0.1, 0.15) is 5.69 Å². The number of carbonyl (C=O) groups is 2. The SMILES string of the molecule is O=C1CC[C@@H]2[C@@H](CCN2C(=O)c2ccccn2)N1Cc1ccncc1. The second-order valence-corrected chi connectivity index (χ2v) is 6.55. The summed E-state index contributed by atoms with van der Waals surface area (Å²) in [6, 6.07) is 9.41. The van der Waals surface area contributed by atoms with Gasteiger partial charge in [-0.15, -0.1) is 0 Å². The number of aromatic nitrogens is 2. The molecule has 2 saturated heterocycles. The molecule has 0 radical (unpaired) electrons. The molecule has 0 unspecified atom stereocenters. The second kappa shape index (κ2) is 6.63. The van der Waals surface area contributed by atoms with E-state index >= 15 is 0 Å². The monoisotopic (exact) mass is 336 g/mol. The summed E-state index contributed by atoms with van der Waals surface area (Å²) in [4.78, 5) is 37.3. The molecule has 2 aliphatic rings. The van der Waals surface area contributed by atoms with Crippen LogP contribution in [0.15, 0.2) is 48.9 Å². The van der Waals surface area contributed by atoms with Crippen molar-refractivity contribution in [2.45, 2.75) is 37.9 Å². The maximum Gasteiger partial charge on any atom is 0.272 e. The highest BCUT2D eigenvalue weighted by Crippen LogP contribution is 2.33. The predicted octanol–water partition coefficient (Wildman–Crippen LogP) is 1.88. The zero-order valence-corrected chi connectivity index (χ0v) is 13.9. The summed E-state index contributed by atoms with van der Waals surface area (Å²) in [5.74, 6) is 0.136. The first-order valence-electron chi connectivity index (χ1n) is 8.64. The van der Waals surface area contributed by atoms with Crippen LogP contribution in [-0.4, -0.2) is 50.2 Å². The number of likely N-dealkylation sites (tertiary alicyclic amines) is 2. The average Bonchev–Trinajstić information content (AvgIpc) is 3.09. The Balaban J connectivity index is 1.54. The maximum absolute atomic E-state index is 12.8. The maximum atomic E-state index is 12.8. The minimum atomic E-state index is -0.0358. The molecule has 25 heavy (non-hydrogen) atoms. The Hall–Kier alpha value is -2.76. The lowest BCUT2D eigenvalue weighted by Crippen LogP contribution is -2.52. The molecule has 6 heteroatoms. The average molecular weight is 336 g/mol. The van der Waals surface area contributed by atoms with E-state index in [0.717, 1.165) is 18.4 Å². The van der Waals surface area contributed by atoms with Crippen molar-refractivity contribution in [2.24, 2.45) is 0 Å². The van der Waals surface area contributed by atoms with E-state index in [1.54, 1.807) is 30.7 Å². The molecule has 4 heterocycles. The molecule has 2 aliphatic heterocycles. The Labute approximate surface area is 146 Å². The number of hydrogen-bond donors (Lipinski definition) is 0. The van der Waals surface area contributed by atoms with Gasteiger partial charge in [-0.25, -0.2) is 0 Å². The zero-order valence-electron chi connectivity index (χ0n) is 13.9. The molecule has 2 aromatic rings. The van der Waals surface area contributed by atoms with Crippen LogP contribution in [0.4, 0.5) is 0 Å². The predicted molar refractivity (Wildman–Crippen MR) is 91.5 cm³/mol. The first-order chi connectivity index (χ1) is 12.2. The molecule has 0 spiro atoms. The summed E-state index contributed by atoms with van der Waals surface area (Å²) in [6.45, 7) is 1.25. The molecule has 2 fully saturated rings. The molecule has 0 aromatic carbocycles. The van der Waals surface area contributed by atoms with Gasteiger partial charge in [0.05, 0.1) is 12.1 Å². The minimum absolute atomic E-state index is 0.0358. The van der Waals surface area contributed by atoms with Gasteiger partial charge < -0.3 is 9.80 Å². The van der Waals surface area contributed by atoms with Gasteiger partial charge in [0.2, 0.25) is 5.91 Å². The third kappa shape index (κ3) is 2.99. The van der Waals surface area contributed by atoms with E-state index in [1.165, 1.54) is 0 Å². The van der Waals surface area contributed by atoms with E-state index in [4.69, 9.17) is 0 Å². The van der Waals surface area contributed by atoms with Gasteiger partial charge in [0.15, 0.2) is 0 Å². The van der Waals surface area contributed by atoms with E-state index in [0.29, 0.717) is 25.2 Å². The number of pyridine rings is 2. The Morgan fingerprint density at radius 3 is 2.68 bits per heavy atom. The summed E-state index contributed by atoms with van der Waals surface area (Å²) < 4.78 is 0. The van der Waals surface area contributed by atoms with Gasteiger partial charge in [-0.3, -0.25) is 19.6 Å². The lowest BCUT2D eigenvalue weighted by atomic mass is 9.95. The Morgan fingerprint density at radius 1 is 1.08 bits per heavy atom. The van der Waals surface area contributed by atoms with Crippen LogP contribution in [0.2, 0.25) is 0 Å². The number of carbonyl (C=O) groups excluding carboxylic acids is 2. The van der Waals surface area contributed by atoms with Crippen molar-refractivity contribution >= 4 is 11.8 Å². The fourth-order valence-corrected chi connectivity index (χ4v) is 3.93. The molecule has 0 N–H and O–H groups in total. The first kappa shape index (κ1) is 15.7. The van der Waals surface area contributed by atoms with Crippen molar-refractivity contribution in [1.29, 1.82) is 0 Å². The van der Waals surface area contributed by atoms with E-state index in [2.05, 4.69) is 9.97 Å². The number of fused-ring (bicyclic) bond motifs is 1. The van der Waals surface area contributed by atoms with Gasteiger partial charge in [-0.1, -0.05) is 6.07 Å². The van der Waals surface area contributed by atoms with Crippen LogP contribution in [0.5, 0.6) is 0 Å². The van der Waals surface area contributed by atoms with Crippen LogP contribution < -0.4 is 0 Å². The number of hydrogen-bond acceptors (Lipinski definition) is 4. The van der Waals surface area contributed by atoms with Gasteiger partial charge in [-0.05, 0) is 42.7 Å². The normalized spacial score (nSPS) is 22.8. The first-order valence-corrected chi connectivity index (χ1v) is 8.64. The molecule has 6 nitrogen and oxygen atoms in total. The highest BCUT2D eigenvalue weighted by Gasteiger charge is 2.45. The molecule has 128 valence electrons. The summed E-state index contributed by atoms with van der Waals surface area (Å²) in [6.07, 6.45) is 7.16. The molecular weight excluding hydrogens is 316 g/mol. The number of piperidine rings is 1. The van der Waals surface area contributed by atoms with Crippen molar-refractivity contribution in [2.75, 3.05) is 6.54 Å². The van der Waals surface area contributed by atoms with Crippen LogP contribution in [-0.2, 0) is 11.3 Å². The lowest BCUT2D eigenvalue weighted by molar-refractivity contribution is -0.138. The van der Waals surface area contributed by atoms with Crippen LogP contribution in [0.1, 0.15) is 35.3 Å². The quantitative estimate of drug-likeness (QED) is 0.858. The van der Waals surface area contributed by atoms with Crippen LogP contribution in [0, 0.1) is 0 Å². The van der Waals surface area contributed by atoms with E-state index in [1.807, 2.05) is 28.0 Å². The third-order valence-electron chi connectivity index (χ3n) is 5.13. The molecule has 2 aromatic heterocycles. The second-order valence-electron chi connectivity index (χ2n) is 6.55.